The van der Waals surface area contributed by atoms with Crippen LogP contribution in [-0.4, -0.2) is 56.0 Å². The van der Waals surface area contributed by atoms with Gasteiger partial charge in [-0.3, -0.25) is 14.8 Å². The first-order valence-electron chi connectivity index (χ1n) is 7.28. The maximum absolute atomic E-state index is 9.89. The van der Waals surface area contributed by atoms with E-state index in [9.17, 15) is 5.11 Å². The van der Waals surface area contributed by atoms with Crippen molar-refractivity contribution in [1.82, 2.24) is 20.1 Å². The average molecular weight is 298 g/mol. The van der Waals surface area contributed by atoms with Gasteiger partial charge in [0.2, 0.25) is 0 Å². The first-order valence-corrected chi connectivity index (χ1v) is 7.28. The monoisotopic (exact) mass is 298 g/mol. The molecule has 2 heterocycles. The molecule has 1 aliphatic heterocycles. The molecule has 1 aromatic heterocycles. The molecule has 0 saturated carbocycles. The van der Waals surface area contributed by atoms with Gasteiger partial charge in [0.1, 0.15) is 11.6 Å². The van der Waals surface area contributed by atoms with Crippen LogP contribution in [0, 0.1) is 5.41 Å². The van der Waals surface area contributed by atoms with E-state index in [-0.39, 0.29) is 18.0 Å². The molecule has 7 nitrogen and oxygen atoms in total. The van der Waals surface area contributed by atoms with Crippen molar-refractivity contribution in [3.05, 3.63) is 11.6 Å². The molecular formula is C14H26N4O3. The molecule has 1 aromatic rings. The van der Waals surface area contributed by atoms with E-state index in [2.05, 4.69) is 40.9 Å². The Labute approximate surface area is 125 Å². The number of likely N-dealkylation sites (tertiary alicyclic amines) is 1. The first kappa shape index (κ1) is 17.6. The van der Waals surface area contributed by atoms with Crippen LogP contribution in [0.1, 0.15) is 45.3 Å². The minimum atomic E-state index is -0.250. The Morgan fingerprint density at radius 1 is 1.52 bits per heavy atom. The van der Waals surface area contributed by atoms with Gasteiger partial charge < -0.3 is 10.2 Å². The van der Waals surface area contributed by atoms with Crippen molar-refractivity contribution in [3.8, 4) is 0 Å². The van der Waals surface area contributed by atoms with E-state index in [1.807, 2.05) is 0 Å². The third-order valence-electron chi connectivity index (χ3n) is 3.49. The summed E-state index contributed by atoms with van der Waals surface area (Å²) in [4.78, 5) is 15.2. The lowest BCUT2D eigenvalue weighted by Gasteiger charge is -2.29. The summed E-state index contributed by atoms with van der Waals surface area (Å²) in [5.41, 5.74) is 0.156. The highest BCUT2D eigenvalue weighted by molar-refractivity contribution is 5.32. The number of aryl methyl sites for hydroxylation is 1. The van der Waals surface area contributed by atoms with E-state index < -0.39 is 0 Å². The molecule has 1 saturated heterocycles. The highest BCUT2D eigenvalue weighted by Crippen LogP contribution is 2.28. The maximum Gasteiger partial charge on any atom is 0.290 e. The molecule has 0 aliphatic carbocycles. The summed E-state index contributed by atoms with van der Waals surface area (Å²) in [6.45, 7) is 8.94. The maximum atomic E-state index is 9.89. The minimum absolute atomic E-state index is 0.156. The van der Waals surface area contributed by atoms with E-state index in [4.69, 9.17) is 9.90 Å². The van der Waals surface area contributed by atoms with Gasteiger partial charge in [-0.25, -0.2) is 4.98 Å². The van der Waals surface area contributed by atoms with Crippen molar-refractivity contribution < 1.29 is 15.0 Å². The molecular weight excluding hydrogens is 272 g/mol. The van der Waals surface area contributed by atoms with Gasteiger partial charge in [-0.15, -0.1) is 0 Å². The molecule has 0 amide bonds. The smallest absolute Gasteiger partial charge is 0.290 e. The highest BCUT2D eigenvalue weighted by atomic mass is 16.3. The predicted octanol–water partition coefficient (Wildman–Crippen LogP) is 1.05. The van der Waals surface area contributed by atoms with Crippen molar-refractivity contribution in [3.63, 3.8) is 0 Å². The molecule has 2 rings (SSSR count). The van der Waals surface area contributed by atoms with Crippen LogP contribution in [0.4, 0.5) is 0 Å². The second-order valence-electron chi connectivity index (χ2n) is 6.18. The van der Waals surface area contributed by atoms with Gasteiger partial charge in [-0.2, -0.15) is 5.10 Å². The molecule has 1 unspecified atom stereocenters. The lowest BCUT2D eigenvalue weighted by atomic mass is 9.87. The van der Waals surface area contributed by atoms with E-state index >= 15 is 0 Å². The van der Waals surface area contributed by atoms with Crippen molar-refractivity contribution >= 4 is 6.47 Å². The van der Waals surface area contributed by atoms with Gasteiger partial charge in [-0.1, -0.05) is 20.8 Å². The predicted molar refractivity (Wildman–Crippen MR) is 78.8 cm³/mol. The zero-order valence-electron chi connectivity index (χ0n) is 13.0. The van der Waals surface area contributed by atoms with Crippen LogP contribution >= 0.6 is 0 Å². The number of carboxylic acid groups (broad SMARTS) is 1. The van der Waals surface area contributed by atoms with Crippen molar-refractivity contribution in [1.29, 1.82) is 0 Å². The molecule has 7 heteroatoms. The fourth-order valence-corrected chi connectivity index (χ4v) is 2.73. The number of aliphatic hydroxyl groups is 1. The molecule has 1 aliphatic rings. The molecule has 0 radical (unpaired) electrons. The summed E-state index contributed by atoms with van der Waals surface area (Å²) in [7, 11) is 0. The Balaban J connectivity index is 0.000000677. The minimum Gasteiger partial charge on any atom is -0.483 e. The van der Waals surface area contributed by atoms with Gasteiger partial charge in [0.15, 0.2) is 0 Å². The average Bonchev–Trinajstić information content (AvgIpc) is 2.78. The number of aromatic nitrogens is 3. The fourth-order valence-electron chi connectivity index (χ4n) is 2.73. The van der Waals surface area contributed by atoms with Crippen LogP contribution in [0.3, 0.4) is 0 Å². The van der Waals surface area contributed by atoms with E-state index in [1.54, 1.807) is 0 Å². The molecule has 3 N–H and O–H groups in total. The number of carbonyl (C=O) groups is 1. The summed E-state index contributed by atoms with van der Waals surface area (Å²) in [5.74, 6) is 1.80. The Morgan fingerprint density at radius 2 is 2.19 bits per heavy atom. The summed E-state index contributed by atoms with van der Waals surface area (Å²) in [6.07, 6.45) is 2.41. The van der Waals surface area contributed by atoms with Crippen LogP contribution < -0.4 is 0 Å². The second kappa shape index (κ2) is 8.09. The number of aromatic amines is 1. The van der Waals surface area contributed by atoms with Crippen molar-refractivity contribution in [2.24, 2.45) is 5.41 Å². The lowest BCUT2D eigenvalue weighted by Crippen LogP contribution is -2.32. The van der Waals surface area contributed by atoms with Gasteiger partial charge in [0.25, 0.3) is 6.47 Å². The molecule has 120 valence electrons. The Kier molecular flexibility index (Phi) is 6.77. The third kappa shape index (κ3) is 6.22. The Hall–Kier alpha value is -1.47. The van der Waals surface area contributed by atoms with Gasteiger partial charge in [0, 0.05) is 19.5 Å². The SMILES string of the molecule is CCc1n[nH]c(CN2CCC(O)CC(C)(C)C2)n1.O=CO. The Bertz CT molecular complexity index is 434. The number of H-pyrrole nitrogens is 1. The van der Waals surface area contributed by atoms with Crippen LogP contribution in [0.5, 0.6) is 0 Å². The van der Waals surface area contributed by atoms with Crippen molar-refractivity contribution in [2.75, 3.05) is 13.1 Å². The zero-order chi connectivity index (χ0) is 15.9. The van der Waals surface area contributed by atoms with E-state index in [1.165, 1.54) is 0 Å². The quantitative estimate of drug-likeness (QED) is 0.721. The molecule has 1 atom stereocenters. The standard InChI is InChI=1S/C13H24N4O.CH2O2/c1-4-11-14-12(16-15-11)8-17-6-5-10(18)7-13(2,3)9-17;2-1-3/h10,18H,4-9H2,1-3H3,(H,14,15,16);1H,(H,2,3). The number of rotatable bonds is 3. The topological polar surface area (TPSA) is 102 Å². The third-order valence-corrected chi connectivity index (χ3v) is 3.49. The number of nitrogens with one attached hydrogen (secondary N) is 1. The molecule has 0 spiro atoms. The number of hydrogen-bond acceptors (Lipinski definition) is 5. The van der Waals surface area contributed by atoms with Crippen LogP contribution in [0.2, 0.25) is 0 Å². The second-order valence-corrected chi connectivity index (χ2v) is 6.18. The van der Waals surface area contributed by atoms with E-state index in [0.29, 0.717) is 0 Å². The molecule has 0 aromatic carbocycles. The van der Waals surface area contributed by atoms with Crippen LogP contribution in [0.25, 0.3) is 0 Å². The zero-order valence-corrected chi connectivity index (χ0v) is 13.0. The normalized spacial score (nSPS) is 22.0. The first-order chi connectivity index (χ1) is 9.90. The van der Waals surface area contributed by atoms with Crippen LogP contribution in [-0.2, 0) is 17.8 Å². The van der Waals surface area contributed by atoms with Gasteiger partial charge >= 0.3 is 0 Å². The summed E-state index contributed by atoms with van der Waals surface area (Å²) < 4.78 is 0. The molecule has 0 bridgehead atoms. The number of aliphatic hydroxyl groups excluding tert-OH is 1. The van der Waals surface area contributed by atoms with Gasteiger partial charge in [0.05, 0.1) is 12.6 Å². The molecule has 1 fully saturated rings. The summed E-state index contributed by atoms with van der Waals surface area (Å²) in [5, 5.41) is 23.9. The van der Waals surface area contributed by atoms with Crippen molar-refractivity contribution in [2.45, 2.75) is 52.7 Å². The number of hydrogen-bond donors (Lipinski definition) is 3. The molecule has 21 heavy (non-hydrogen) atoms. The lowest BCUT2D eigenvalue weighted by molar-refractivity contribution is -0.122. The highest BCUT2D eigenvalue weighted by Gasteiger charge is 2.29. The largest absolute Gasteiger partial charge is 0.483 e. The van der Waals surface area contributed by atoms with Gasteiger partial charge in [-0.05, 0) is 18.3 Å². The number of nitrogens with zero attached hydrogens (tertiary/aromatic N) is 3. The Morgan fingerprint density at radius 3 is 2.76 bits per heavy atom. The van der Waals surface area contributed by atoms with Crippen LogP contribution in [0.15, 0.2) is 0 Å². The summed E-state index contributed by atoms with van der Waals surface area (Å²) >= 11 is 0. The fraction of sp³-hybridized carbons (Fsp3) is 0.786. The summed E-state index contributed by atoms with van der Waals surface area (Å²) in [6, 6.07) is 0. The van der Waals surface area contributed by atoms with E-state index in [0.717, 1.165) is 50.5 Å².